The van der Waals surface area contributed by atoms with Gasteiger partial charge in [0, 0.05) is 54.4 Å². The number of furan rings is 1. The van der Waals surface area contributed by atoms with Gasteiger partial charge in [-0.3, -0.25) is 14.6 Å². The summed E-state index contributed by atoms with van der Waals surface area (Å²) in [5.41, 5.74) is 3.46. The minimum Gasteiger partial charge on any atom is -0.494 e. The van der Waals surface area contributed by atoms with Crippen molar-refractivity contribution in [2.24, 2.45) is 0 Å². The number of benzene rings is 2. The molecule has 2 aromatic heterocycles. The van der Waals surface area contributed by atoms with Gasteiger partial charge < -0.3 is 18.8 Å². The minimum atomic E-state index is -0.526. The molecule has 208 valence electrons. The monoisotopic (exact) mass is 559 g/mol. The van der Waals surface area contributed by atoms with Crippen LogP contribution in [-0.2, 0) is 16.0 Å². The number of rotatable bonds is 10. The van der Waals surface area contributed by atoms with Gasteiger partial charge in [0.2, 0.25) is 5.91 Å². The number of carbonyl (C=O) groups excluding carboxylic acids is 2. The fourth-order valence-electron chi connectivity index (χ4n) is 5.43. The van der Waals surface area contributed by atoms with Crippen LogP contribution in [0.2, 0.25) is 0 Å². The summed E-state index contributed by atoms with van der Waals surface area (Å²) in [6.07, 6.45) is 5.81. The van der Waals surface area contributed by atoms with Crippen molar-refractivity contribution < 1.29 is 23.5 Å². The third-order valence-electron chi connectivity index (χ3n) is 7.66. The van der Waals surface area contributed by atoms with E-state index < -0.39 is 5.97 Å². The molecule has 0 atom stereocenters. The standard InChI is InChI=1S/C31H33N3O5S/c35-30-9-7-23-6-8-25(20-28(23)34(30)22-39-31(36)24-10-18-37-21-24)38-17-2-1-12-32-13-15-33(16-14-32)27-4-3-5-29-26(27)11-19-40-29/h3-6,8,10-11,18-21H,1-2,7,9,12-17,22H2. The van der Waals surface area contributed by atoms with Crippen molar-refractivity contribution in [3.8, 4) is 5.75 Å². The Morgan fingerprint density at radius 2 is 1.88 bits per heavy atom. The van der Waals surface area contributed by atoms with Gasteiger partial charge in [0.25, 0.3) is 0 Å². The van der Waals surface area contributed by atoms with Gasteiger partial charge in [-0.25, -0.2) is 4.79 Å². The van der Waals surface area contributed by atoms with Crippen molar-refractivity contribution in [1.29, 1.82) is 0 Å². The second-order valence-corrected chi connectivity index (χ2v) is 11.1. The van der Waals surface area contributed by atoms with E-state index in [0.717, 1.165) is 62.6 Å². The molecule has 6 rings (SSSR count). The van der Waals surface area contributed by atoms with Gasteiger partial charge in [-0.05, 0) is 67.1 Å². The zero-order valence-electron chi connectivity index (χ0n) is 22.4. The van der Waals surface area contributed by atoms with E-state index in [1.807, 2.05) is 18.2 Å². The predicted octanol–water partition coefficient (Wildman–Crippen LogP) is 5.57. The van der Waals surface area contributed by atoms with Crippen LogP contribution in [0.3, 0.4) is 0 Å². The van der Waals surface area contributed by atoms with Crippen molar-refractivity contribution in [3.63, 3.8) is 0 Å². The molecule has 2 aliphatic heterocycles. The largest absolute Gasteiger partial charge is 0.494 e. The number of amides is 1. The fourth-order valence-corrected chi connectivity index (χ4v) is 6.24. The quantitative estimate of drug-likeness (QED) is 0.186. The molecule has 0 spiro atoms. The molecule has 0 aliphatic carbocycles. The number of hydrogen-bond acceptors (Lipinski definition) is 8. The van der Waals surface area contributed by atoms with Crippen molar-refractivity contribution in [1.82, 2.24) is 4.90 Å². The smallest absolute Gasteiger partial charge is 0.343 e. The molecule has 0 saturated carbocycles. The van der Waals surface area contributed by atoms with Crippen LogP contribution in [-0.4, -0.2) is 62.8 Å². The Morgan fingerprint density at radius 3 is 2.73 bits per heavy atom. The molecule has 2 aliphatic rings. The summed E-state index contributed by atoms with van der Waals surface area (Å²) < 4.78 is 17.7. The van der Waals surface area contributed by atoms with Crippen molar-refractivity contribution in [2.75, 3.05) is 55.9 Å². The van der Waals surface area contributed by atoms with Gasteiger partial charge in [0.05, 0.1) is 24.1 Å². The lowest BCUT2D eigenvalue weighted by atomic mass is 10.0. The van der Waals surface area contributed by atoms with Crippen LogP contribution in [0.15, 0.2) is 70.9 Å². The summed E-state index contributed by atoms with van der Waals surface area (Å²) in [6, 6.07) is 16.2. The summed E-state index contributed by atoms with van der Waals surface area (Å²) >= 11 is 1.80. The van der Waals surface area contributed by atoms with Crippen molar-refractivity contribution >= 4 is 44.7 Å². The third-order valence-corrected chi connectivity index (χ3v) is 8.54. The predicted molar refractivity (Wildman–Crippen MR) is 156 cm³/mol. The second kappa shape index (κ2) is 12.1. The van der Waals surface area contributed by atoms with Gasteiger partial charge in [-0.1, -0.05) is 12.1 Å². The Kier molecular flexibility index (Phi) is 8.02. The maximum atomic E-state index is 12.6. The highest BCUT2D eigenvalue weighted by molar-refractivity contribution is 7.17. The molecular formula is C31H33N3O5S. The minimum absolute atomic E-state index is 0.0725. The van der Waals surface area contributed by atoms with Crippen LogP contribution in [0.5, 0.6) is 5.75 Å². The van der Waals surface area contributed by atoms with E-state index in [1.165, 1.54) is 39.3 Å². The Morgan fingerprint density at radius 1 is 0.975 bits per heavy atom. The lowest BCUT2D eigenvalue weighted by Crippen LogP contribution is -2.46. The number of esters is 1. The number of ether oxygens (including phenoxy) is 2. The highest BCUT2D eigenvalue weighted by Gasteiger charge is 2.26. The van der Waals surface area contributed by atoms with E-state index in [4.69, 9.17) is 13.9 Å². The lowest BCUT2D eigenvalue weighted by molar-refractivity contribution is -0.119. The Labute approximate surface area is 237 Å². The third kappa shape index (κ3) is 5.85. The first-order valence-electron chi connectivity index (χ1n) is 13.8. The number of carbonyl (C=O) groups is 2. The highest BCUT2D eigenvalue weighted by atomic mass is 32.1. The number of anilines is 2. The number of unbranched alkanes of at least 4 members (excludes halogenated alkanes) is 1. The first-order chi connectivity index (χ1) is 19.7. The maximum absolute atomic E-state index is 12.6. The number of nitrogens with zero attached hydrogens (tertiary/aromatic N) is 3. The Bertz CT molecular complexity index is 1460. The first-order valence-corrected chi connectivity index (χ1v) is 14.7. The summed E-state index contributed by atoms with van der Waals surface area (Å²) in [7, 11) is 0. The maximum Gasteiger partial charge on any atom is 0.343 e. The van der Waals surface area contributed by atoms with E-state index in [0.29, 0.717) is 25.0 Å². The van der Waals surface area contributed by atoms with E-state index in [-0.39, 0.29) is 12.6 Å². The van der Waals surface area contributed by atoms with Gasteiger partial charge in [0.1, 0.15) is 12.0 Å². The SMILES string of the molecule is O=C(OCN1C(=O)CCc2ccc(OCCCCN3CCN(c4cccc5sccc45)CC3)cc21)c1ccoc1. The molecule has 0 radical (unpaired) electrons. The van der Waals surface area contributed by atoms with E-state index in [2.05, 4.69) is 39.4 Å². The van der Waals surface area contributed by atoms with Crippen LogP contribution in [0.25, 0.3) is 10.1 Å². The first kappa shape index (κ1) is 26.4. The van der Waals surface area contributed by atoms with Crippen molar-refractivity contribution in [2.45, 2.75) is 25.7 Å². The van der Waals surface area contributed by atoms with Gasteiger partial charge in [-0.2, -0.15) is 0 Å². The molecule has 4 aromatic rings. The average molecular weight is 560 g/mol. The Hall–Kier alpha value is -3.82. The number of thiophene rings is 1. The molecule has 9 heteroatoms. The molecular weight excluding hydrogens is 526 g/mol. The molecule has 0 bridgehead atoms. The topological polar surface area (TPSA) is 75.5 Å². The Balaban J connectivity index is 0.952. The summed E-state index contributed by atoms with van der Waals surface area (Å²) in [6.45, 7) is 5.77. The molecule has 1 fully saturated rings. The second-order valence-electron chi connectivity index (χ2n) is 10.2. The number of aryl methyl sites for hydroxylation is 1. The van der Waals surface area contributed by atoms with Crippen LogP contribution >= 0.6 is 11.3 Å². The molecule has 0 unspecified atom stereocenters. The van der Waals surface area contributed by atoms with E-state index >= 15 is 0 Å². The lowest BCUT2D eigenvalue weighted by Gasteiger charge is -2.36. The normalized spacial score (nSPS) is 15.8. The average Bonchev–Trinajstić information content (AvgIpc) is 3.70. The summed E-state index contributed by atoms with van der Waals surface area (Å²) in [4.78, 5) is 31.4. The molecule has 4 heterocycles. The van der Waals surface area contributed by atoms with Crippen LogP contribution in [0.1, 0.15) is 35.2 Å². The summed E-state index contributed by atoms with van der Waals surface area (Å²) in [5.74, 6) is 0.120. The highest BCUT2D eigenvalue weighted by Crippen LogP contribution is 2.33. The van der Waals surface area contributed by atoms with E-state index in [9.17, 15) is 9.59 Å². The van der Waals surface area contributed by atoms with E-state index in [1.54, 1.807) is 11.3 Å². The molecule has 2 aromatic carbocycles. The number of fused-ring (bicyclic) bond motifs is 2. The van der Waals surface area contributed by atoms with Crippen molar-refractivity contribution in [3.05, 3.63) is 77.6 Å². The molecule has 40 heavy (non-hydrogen) atoms. The molecule has 1 amide bonds. The van der Waals surface area contributed by atoms with Crippen LogP contribution < -0.4 is 14.5 Å². The van der Waals surface area contributed by atoms with Gasteiger partial charge in [-0.15, -0.1) is 11.3 Å². The fraction of sp³-hybridized carbons (Fsp3) is 0.355. The summed E-state index contributed by atoms with van der Waals surface area (Å²) in [5, 5.41) is 3.54. The van der Waals surface area contributed by atoms with Gasteiger partial charge >= 0.3 is 5.97 Å². The zero-order valence-corrected chi connectivity index (χ0v) is 23.2. The molecule has 8 nitrogen and oxygen atoms in total. The van der Waals surface area contributed by atoms with Crippen LogP contribution in [0.4, 0.5) is 11.4 Å². The number of piperazine rings is 1. The molecule has 0 N–H and O–H groups in total. The molecule has 1 saturated heterocycles. The van der Waals surface area contributed by atoms with Crippen LogP contribution in [0, 0.1) is 0 Å². The zero-order chi connectivity index (χ0) is 27.3. The van der Waals surface area contributed by atoms with Gasteiger partial charge in [0.15, 0.2) is 6.73 Å². The number of hydrogen-bond donors (Lipinski definition) is 0.